The van der Waals surface area contributed by atoms with E-state index in [0.717, 1.165) is 17.5 Å². The molecule has 1 nitrogen and oxygen atoms in total. The predicted octanol–water partition coefficient (Wildman–Crippen LogP) is 2.55. The number of carbonyl (C=O) groups excluding carboxylic acids is 1. The van der Waals surface area contributed by atoms with Crippen molar-refractivity contribution in [3.8, 4) is 0 Å². The molecule has 0 saturated carbocycles. The van der Waals surface area contributed by atoms with Crippen molar-refractivity contribution in [3.05, 3.63) is 34.9 Å². The fourth-order valence-electron chi connectivity index (χ4n) is 1.57. The zero-order valence-corrected chi connectivity index (χ0v) is 7.40. The van der Waals surface area contributed by atoms with E-state index in [-0.39, 0.29) is 5.78 Å². The van der Waals surface area contributed by atoms with Crippen molar-refractivity contribution < 1.29 is 4.79 Å². The molecule has 1 aliphatic rings. The van der Waals surface area contributed by atoms with Crippen LogP contribution in [0, 0.1) is 0 Å². The Balaban J connectivity index is 2.50. The molecule has 0 amide bonds. The van der Waals surface area contributed by atoms with Gasteiger partial charge in [0.25, 0.3) is 0 Å². The van der Waals surface area contributed by atoms with E-state index in [2.05, 4.69) is 0 Å². The quantitative estimate of drug-likeness (QED) is 0.607. The molecule has 0 spiro atoms. The van der Waals surface area contributed by atoms with E-state index < -0.39 is 0 Å². The summed E-state index contributed by atoms with van der Waals surface area (Å²) in [5.41, 5.74) is 3.09. The van der Waals surface area contributed by atoms with Gasteiger partial charge in [-0.2, -0.15) is 0 Å². The van der Waals surface area contributed by atoms with Gasteiger partial charge in [0, 0.05) is 17.9 Å². The molecule has 0 atom stereocenters. The van der Waals surface area contributed by atoms with Crippen molar-refractivity contribution in [3.63, 3.8) is 0 Å². The average molecular weight is 181 g/mol. The number of hydrogen-bond acceptors (Lipinski definition) is 1. The van der Waals surface area contributed by atoms with E-state index in [4.69, 9.17) is 11.6 Å². The summed E-state index contributed by atoms with van der Waals surface area (Å²) in [6.45, 7) is 0. The van der Waals surface area contributed by atoms with Gasteiger partial charge >= 0.3 is 0 Å². The van der Waals surface area contributed by atoms with Crippen LogP contribution in [0.5, 0.6) is 0 Å². The number of aryl methyl sites for hydroxylation is 1. The van der Waals surface area contributed by atoms with Gasteiger partial charge in [-0.1, -0.05) is 12.1 Å². The molecule has 0 saturated heterocycles. The summed E-state index contributed by atoms with van der Waals surface area (Å²) in [6, 6.07) is 5.92. The van der Waals surface area contributed by atoms with Gasteiger partial charge < -0.3 is 0 Å². The summed E-state index contributed by atoms with van der Waals surface area (Å²) in [5, 5.41) is 0. The first-order chi connectivity index (χ1) is 5.81. The molecule has 62 valence electrons. The fraction of sp³-hybridized carbons (Fsp3) is 0.300. The minimum absolute atomic E-state index is 0.261. The molecule has 0 aromatic heterocycles. The van der Waals surface area contributed by atoms with Crippen LogP contribution in [0.4, 0.5) is 0 Å². The van der Waals surface area contributed by atoms with Gasteiger partial charge in [-0.05, 0) is 23.6 Å². The minimum Gasteiger partial charge on any atom is -0.294 e. The van der Waals surface area contributed by atoms with E-state index in [1.807, 2.05) is 18.2 Å². The number of carbonyl (C=O) groups is 1. The van der Waals surface area contributed by atoms with Gasteiger partial charge in [-0.25, -0.2) is 0 Å². The second-order valence-electron chi connectivity index (χ2n) is 3.05. The number of benzene rings is 1. The van der Waals surface area contributed by atoms with Gasteiger partial charge in [0.2, 0.25) is 0 Å². The Morgan fingerprint density at radius 1 is 1.33 bits per heavy atom. The molecule has 2 heteroatoms. The van der Waals surface area contributed by atoms with Gasteiger partial charge in [0.1, 0.15) is 0 Å². The van der Waals surface area contributed by atoms with E-state index in [1.165, 1.54) is 5.56 Å². The van der Waals surface area contributed by atoms with Crippen molar-refractivity contribution >= 4 is 17.4 Å². The standard InChI is InChI=1S/C10H9ClO/c11-6-7-1-2-8-3-4-10(12)9(8)5-7/h1-2,5H,3-4,6H2. The molecular weight excluding hydrogens is 172 g/mol. The fourth-order valence-corrected chi connectivity index (χ4v) is 1.73. The van der Waals surface area contributed by atoms with Crippen molar-refractivity contribution in [2.45, 2.75) is 18.7 Å². The summed E-state index contributed by atoms with van der Waals surface area (Å²) in [7, 11) is 0. The highest BCUT2D eigenvalue weighted by molar-refractivity contribution is 6.17. The zero-order chi connectivity index (χ0) is 8.55. The summed E-state index contributed by atoms with van der Waals surface area (Å²) in [5.74, 6) is 0.748. The summed E-state index contributed by atoms with van der Waals surface area (Å²) < 4.78 is 0. The lowest BCUT2D eigenvalue weighted by Crippen LogP contribution is -1.92. The normalized spacial score (nSPS) is 14.9. The number of alkyl halides is 1. The highest BCUT2D eigenvalue weighted by Crippen LogP contribution is 2.23. The maximum Gasteiger partial charge on any atom is 0.163 e. The molecule has 1 aromatic carbocycles. The van der Waals surface area contributed by atoms with Crippen LogP contribution in [0.1, 0.15) is 27.9 Å². The SMILES string of the molecule is O=C1CCc2ccc(CCl)cc21. The number of ketones is 1. The van der Waals surface area contributed by atoms with Crippen LogP contribution in [0.15, 0.2) is 18.2 Å². The van der Waals surface area contributed by atoms with Gasteiger partial charge in [0.05, 0.1) is 0 Å². The Morgan fingerprint density at radius 2 is 2.17 bits per heavy atom. The third kappa shape index (κ3) is 1.14. The van der Waals surface area contributed by atoms with Gasteiger partial charge in [0.15, 0.2) is 5.78 Å². The van der Waals surface area contributed by atoms with Gasteiger partial charge in [-0.15, -0.1) is 11.6 Å². The third-order valence-corrected chi connectivity index (χ3v) is 2.56. The average Bonchev–Trinajstić information content (AvgIpc) is 2.47. The van der Waals surface area contributed by atoms with Crippen LogP contribution in [-0.4, -0.2) is 5.78 Å². The minimum atomic E-state index is 0.261. The Hall–Kier alpha value is -0.820. The number of rotatable bonds is 1. The first kappa shape index (κ1) is 7.81. The lowest BCUT2D eigenvalue weighted by molar-refractivity contribution is 0.0994. The largest absolute Gasteiger partial charge is 0.294 e. The molecule has 0 radical (unpaired) electrons. The molecule has 0 heterocycles. The van der Waals surface area contributed by atoms with Crippen LogP contribution in [0.3, 0.4) is 0 Å². The monoisotopic (exact) mass is 180 g/mol. The lowest BCUT2D eigenvalue weighted by atomic mass is 10.1. The molecule has 0 unspecified atom stereocenters. The molecule has 1 aliphatic carbocycles. The molecule has 2 rings (SSSR count). The predicted molar refractivity (Wildman–Crippen MR) is 48.7 cm³/mol. The number of Topliss-reactive ketones (excluding diaryl/α,β-unsaturated/α-hetero) is 1. The molecule has 1 aromatic rings. The van der Waals surface area contributed by atoms with Crippen LogP contribution < -0.4 is 0 Å². The summed E-state index contributed by atoms with van der Waals surface area (Å²) >= 11 is 5.67. The van der Waals surface area contributed by atoms with E-state index in [9.17, 15) is 4.79 Å². The molecule has 0 bridgehead atoms. The number of fused-ring (bicyclic) bond motifs is 1. The first-order valence-corrected chi connectivity index (χ1v) is 4.55. The van der Waals surface area contributed by atoms with Crippen molar-refractivity contribution in [2.75, 3.05) is 0 Å². The second kappa shape index (κ2) is 2.91. The van der Waals surface area contributed by atoms with E-state index in [1.54, 1.807) is 0 Å². The maximum atomic E-state index is 11.3. The van der Waals surface area contributed by atoms with Crippen LogP contribution >= 0.6 is 11.6 Å². The van der Waals surface area contributed by atoms with Gasteiger partial charge in [-0.3, -0.25) is 4.79 Å². The van der Waals surface area contributed by atoms with E-state index >= 15 is 0 Å². The molecule has 0 fully saturated rings. The number of hydrogen-bond donors (Lipinski definition) is 0. The Labute approximate surface area is 76.4 Å². The molecule has 12 heavy (non-hydrogen) atoms. The lowest BCUT2D eigenvalue weighted by Gasteiger charge is -1.99. The van der Waals surface area contributed by atoms with Crippen molar-refractivity contribution in [1.82, 2.24) is 0 Å². The zero-order valence-electron chi connectivity index (χ0n) is 6.64. The topological polar surface area (TPSA) is 17.1 Å². The van der Waals surface area contributed by atoms with Crippen LogP contribution in [0.2, 0.25) is 0 Å². The summed E-state index contributed by atoms with van der Waals surface area (Å²) in [6.07, 6.45) is 1.57. The second-order valence-corrected chi connectivity index (χ2v) is 3.32. The van der Waals surface area contributed by atoms with Crippen LogP contribution in [0.25, 0.3) is 0 Å². The Bertz CT molecular complexity index is 331. The molecular formula is C10H9ClO. The molecule has 0 aliphatic heterocycles. The van der Waals surface area contributed by atoms with Crippen LogP contribution in [-0.2, 0) is 12.3 Å². The maximum absolute atomic E-state index is 11.3. The third-order valence-electron chi connectivity index (χ3n) is 2.25. The summed E-state index contributed by atoms with van der Waals surface area (Å²) in [4.78, 5) is 11.3. The van der Waals surface area contributed by atoms with Crippen molar-refractivity contribution in [2.24, 2.45) is 0 Å². The highest BCUT2D eigenvalue weighted by Gasteiger charge is 2.18. The smallest absolute Gasteiger partial charge is 0.163 e. The van der Waals surface area contributed by atoms with Crippen molar-refractivity contribution in [1.29, 1.82) is 0 Å². The van der Waals surface area contributed by atoms with E-state index in [0.29, 0.717) is 12.3 Å². The molecule has 0 N–H and O–H groups in total. The highest BCUT2D eigenvalue weighted by atomic mass is 35.5. The Morgan fingerprint density at radius 3 is 2.92 bits per heavy atom. The Kier molecular flexibility index (Phi) is 1.89. The number of halogens is 1. The first-order valence-electron chi connectivity index (χ1n) is 4.02.